The second-order valence-corrected chi connectivity index (χ2v) is 5.21. The van der Waals surface area contributed by atoms with Gasteiger partial charge < -0.3 is 4.42 Å². The summed E-state index contributed by atoms with van der Waals surface area (Å²) in [7, 11) is 0. The van der Waals surface area contributed by atoms with Crippen molar-refractivity contribution in [2.24, 2.45) is 5.10 Å². The normalized spacial score (nSPS) is 18.7. The number of nitrogens with zero attached hydrogens (tertiary/aromatic N) is 2. The smallest absolute Gasteiger partial charge is 0.258 e. The van der Waals surface area contributed by atoms with Gasteiger partial charge in [-0.3, -0.25) is 4.79 Å². The van der Waals surface area contributed by atoms with E-state index in [4.69, 9.17) is 16.0 Å². The van der Waals surface area contributed by atoms with Crippen molar-refractivity contribution < 1.29 is 9.21 Å². The summed E-state index contributed by atoms with van der Waals surface area (Å²) in [5.41, 5.74) is 1.94. The van der Waals surface area contributed by atoms with Crippen LogP contribution in [-0.2, 0) is 4.79 Å². The van der Waals surface area contributed by atoms with Crippen LogP contribution >= 0.6 is 22.9 Å². The van der Waals surface area contributed by atoms with Crippen LogP contribution in [0.3, 0.4) is 0 Å². The molecule has 0 aliphatic carbocycles. The molecule has 4 nitrogen and oxygen atoms in total. The number of furan rings is 1. The zero-order valence-electron chi connectivity index (χ0n) is 9.95. The Morgan fingerprint density at radius 2 is 2.47 bits per heavy atom. The van der Waals surface area contributed by atoms with Crippen molar-refractivity contribution in [1.29, 1.82) is 0 Å². The first kappa shape index (κ1) is 12.4. The van der Waals surface area contributed by atoms with Crippen molar-refractivity contribution in [3.05, 3.63) is 46.5 Å². The summed E-state index contributed by atoms with van der Waals surface area (Å²) in [5, 5.41) is 9.84. The van der Waals surface area contributed by atoms with Gasteiger partial charge in [0.05, 0.1) is 12.0 Å². The first-order chi connectivity index (χ1) is 9.29. The molecule has 98 valence electrons. The van der Waals surface area contributed by atoms with Crippen LogP contribution in [0.25, 0.3) is 0 Å². The summed E-state index contributed by atoms with van der Waals surface area (Å²) in [6.45, 7) is 0. The Morgan fingerprint density at radius 3 is 3.11 bits per heavy atom. The molecule has 1 atom stereocenters. The number of amides is 1. The van der Waals surface area contributed by atoms with E-state index in [2.05, 4.69) is 5.10 Å². The predicted octanol–water partition coefficient (Wildman–Crippen LogP) is 3.26. The fourth-order valence-corrected chi connectivity index (χ4v) is 2.89. The quantitative estimate of drug-likeness (QED) is 0.816. The van der Waals surface area contributed by atoms with Crippen molar-refractivity contribution >= 4 is 34.6 Å². The zero-order chi connectivity index (χ0) is 13.2. The van der Waals surface area contributed by atoms with Crippen LogP contribution in [0, 0.1) is 0 Å². The predicted molar refractivity (Wildman–Crippen MR) is 74.5 cm³/mol. The lowest BCUT2D eigenvalue weighted by Crippen LogP contribution is -2.27. The Morgan fingerprint density at radius 1 is 1.58 bits per heavy atom. The van der Waals surface area contributed by atoms with Crippen molar-refractivity contribution in [2.45, 2.75) is 12.5 Å². The Hall–Kier alpha value is -1.59. The van der Waals surface area contributed by atoms with Gasteiger partial charge in [-0.05, 0) is 29.0 Å². The Bertz CT molecular complexity index is 592. The third kappa shape index (κ3) is 2.31. The van der Waals surface area contributed by atoms with Gasteiger partial charge in [-0.1, -0.05) is 0 Å². The minimum absolute atomic E-state index is 0.0857. The number of hydrogen-bond donors (Lipinski definition) is 0. The summed E-state index contributed by atoms with van der Waals surface area (Å²) in [4.78, 5) is 11.9. The number of hydrazone groups is 1. The SMILES string of the molecule is O=C(CCl)N1N=C(c2ccsc2)CC1c1ccco1. The highest BCUT2D eigenvalue weighted by Crippen LogP contribution is 2.33. The molecule has 0 fully saturated rings. The lowest BCUT2D eigenvalue weighted by Gasteiger charge is -2.18. The summed E-state index contributed by atoms with van der Waals surface area (Å²) >= 11 is 7.25. The molecule has 0 aromatic carbocycles. The van der Waals surface area contributed by atoms with Gasteiger partial charge in [-0.2, -0.15) is 16.4 Å². The second kappa shape index (κ2) is 5.19. The van der Waals surface area contributed by atoms with Crippen LogP contribution in [-0.4, -0.2) is 22.5 Å². The monoisotopic (exact) mass is 294 g/mol. The fraction of sp³-hybridized carbons (Fsp3) is 0.231. The van der Waals surface area contributed by atoms with E-state index in [1.807, 2.05) is 22.9 Å². The maximum absolute atomic E-state index is 11.9. The van der Waals surface area contributed by atoms with Crippen molar-refractivity contribution in [3.8, 4) is 0 Å². The topological polar surface area (TPSA) is 45.8 Å². The standard InChI is InChI=1S/C13H11ClN2O2S/c14-7-13(17)16-11(12-2-1-4-18-12)6-10(15-16)9-3-5-19-8-9/h1-5,8,11H,6-7H2. The van der Waals surface area contributed by atoms with Crippen molar-refractivity contribution in [3.63, 3.8) is 0 Å². The Labute approximate surface area is 119 Å². The lowest BCUT2D eigenvalue weighted by molar-refractivity contribution is -0.130. The number of rotatable bonds is 3. The largest absolute Gasteiger partial charge is 0.467 e. The summed E-state index contributed by atoms with van der Waals surface area (Å²) < 4.78 is 5.40. The molecule has 1 amide bonds. The first-order valence-electron chi connectivity index (χ1n) is 5.81. The van der Waals surface area contributed by atoms with Crippen LogP contribution in [0.1, 0.15) is 23.8 Å². The van der Waals surface area contributed by atoms with E-state index in [9.17, 15) is 4.79 Å². The van der Waals surface area contributed by atoms with Crippen LogP contribution in [0.2, 0.25) is 0 Å². The van der Waals surface area contributed by atoms with Gasteiger partial charge in [0.15, 0.2) is 0 Å². The van der Waals surface area contributed by atoms with Gasteiger partial charge in [0.25, 0.3) is 5.91 Å². The minimum atomic E-state index is -0.215. The molecule has 0 saturated heterocycles. The van der Waals surface area contributed by atoms with E-state index >= 15 is 0 Å². The first-order valence-corrected chi connectivity index (χ1v) is 7.29. The molecular formula is C13H11ClN2O2S. The molecule has 2 aromatic heterocycles. The second-order valence-electron chi connectivity index (χ2n) is 4.17. The average Bonchev–Trinajstić information content (AvgIpc) is 3.14. The molecule has 0 saturated carbocycles. The van der Waals surface area contributed by atoms with Crippen LogP contribution in [0.4, 0.5) is 0 Å². The molecule has 3 rings (SSSR count). The van der Waals surface area contributed by atoms with Crippen molar-refractivity contribution in [1.82, 2.24) is 5.01 Å². The van der Waals surface area contributed by atoms with E-state index in [0.29, 0.717) is 6.42 Å². The van der Waals surface area contributed by atoms with E-state index in [1.165, 1.54) is 5.01 Å². The highest BCUT2D eigenvalue weighted by molar-refractivity contribution is 7.08. The maximum atomic E-state index is 11.9. The molecule has 2 aromatic rings. The number of thiophene rings is 1. The molecule has 3 heterocycles. The highest BCUT2D eigenvalue weighted by Gasteiger charge is 2.34. The van der Waals surface area contributed by atoms with Gasteiger partial charge in [-0.25, -0.2) is 5.01 Å². The molecule has 1 aliphatic heterocycles. The Kier molecular flexibility index (Phi) is 3.40. The summed E-state index contributed by atoms with van der Waals surface area (Å²) in [6.07, 6.45) is 2.24. The van der Waals surface area contributed by atoms with Crippen LogP contribution in [0.5, 0.6) is 0 Å². The lowest BCUT2D eigenvalue weighted by atomic mass is 10.1. The van der Waals surface area contributed by atoms with Gasteiger partial charge >= 0.3 is 0 Å². The third-order valence-electron chi connectivity index (χ3n) is 3.01. The van der Waals surface area contributed by atoms with E-state index in [0.717, 1.165) is 17.0 Å². The molecule has 1 unspecified atom stereocenters. The number of alkyl halides is 1. The number of carbonyl (C=O) groups is 1. The van der Waals surface area contributed by atoms with Gasteiger partial charge in [0.1, 0.15) is 17.7 Å². The van der Waals surface area contributed by atoms with Gasteiger partial charge in [0.2, 0.25) is 0 Å². The fourth-order valence-electron chi connectivity index (χ4n) is 2.11. The maximum Gasteiger partial charge on any atom is 0.258 e. The zero-order valence-corrected chi connectivity index (χ0v) is 11.5. The molecule has 0 spiro atoms. The molecule has 19 heavy (non-hydrogen) atoms. The number of hydrogen-bond acceptors (Lipinski definition) is 4. The van der Waals surface area contributed by atoms with Gasteiger partial charge in [-0.15, -0.1) is 11.6 Å². The summed E-state index contributed by atoms with van der Waals surface area (Å²) in [5.74, 6) is 0.429. The minimum Gasteiger partial charge on any atom is -0.467 e. The molecule has 0 bridgehead atoms. The molecule has 0 radical (unpaired) electrons. The number of carbonyl (C=O) groups excluding carboxylic acids is 1. The van der Waals surface area contributed by atoms with E-state index in [-0.39, 0.29) is 17.8 Å². The molecule has 1 aliphatic rings. The molecule has 6 heteroatoms. The average molecular weight is 295 g/mol. The van der Waals surface area contributed by atoms with Crippen LogP contribution < -0.4 is 0 Å². The van der Waals surface area contributed by atoms with Gasteiger partial charge in [0, 0.05) is 12.0 Å². The molecular weight excluding hydrogens is 284 g/mol. The van der Waals surface area contributed by atoms with E-state index in [1.54, 1.807) is 23.7 Å². The van der Waals surface area contributed by atoms with Crippen LogP contribution in [0.15, 0.2) is 44.7 Å². The third-order valence-corrected chi connectivity index (χ3v) is 3.92. The van der Waals surface area contributed by atoms with E-state index < -0.39 is 0 Å². The summed E-state index contributed by atoms with van der Waals surface area (Å²) in [6, 6.07) is 5.46. The molecule has 0 N–H and O–H groups in total. The highest BCUT2D eigenvalue weighted by atomic mass is 35.5. The number of halogens is 1. The van der Waals surface area contributed by atoms with Crippen molar-refractivity contribution in [2.75, 3.05) is 5.88 Å². The Balaban J connectivity index is 1.93.